The molecule has 0 bridgehead atoms. The molecule has 156 valence electrons. The molecule has 0 aliphatic carbocycles. The lowest BCUT2D eigenvalue weighted by Crippen LogP contribution is -2.14. The van der Waals surface area contributed by atoms with Gasteiger partial charge in [0.15, 0.2) is 12.4 Å². The molecule has 0 radical (unpaired) electrons. The minimum Gasteiger partial charge on any atom is -0.482 e. The smallest absolute Gasteiger partial charge is 0.344 e. The van der Waals surface area contributed by atoms with Crippen molar-refractivity contribution in [2.75, 3.05) is 6.61 Å². The molecule has 0 N–H and O–H groups in total. The van der Waals surface area contributed by atoms with E-state index in [-0.39, 0.29) is 24.8 Å². The average molecular weight is 455 g/mol. The van der Waals surface area contributed by atoms with Gasteiger partial charge >= 0.3 is 5.97 Å². The average Bonchev–Trinajstić information content (AvgIpc) is 3.08. The Bertz CT molecular complexity index is 1170. The van der Waals surface area contributed by atoms with Gasteiger partial charge in [0, 0.05) is 6.07 Å². The quantitative estimate of drug-likeness (QED) is 0.351. The van der Waals surface area contributed by atoms with Gasteiger partial charge in [-0.3, -0.25) is 4.79 Å². The molecule has 1 aliphatic heterocycles. The van der Waals surface area contributed by atoms with E-state index >= 15 is 0 Å². The normalized spacial score (nSPS) is 13.6. The number of hydrogen-bond donors (Lipinski definition) is 0. The van der Waals surface area contributed by atoms with E-state index < -0.39 is 5.97 Å². The van der Waals surface area contributed by atoms with Gasteiger partial charge in [-0.15, -0.1) is 0 Å². The Labute approximate surface area is 188 Å². The number of halogens is 2. The van der Waals surface area contributed by atoms with Gasteiger partial charge in [0.2, 0.25) is 5.78 Å². The minimum atomic E-state index is -0.499. The molecule has 31 heavy (non-hydrogen) atoms. The predicted octanol–water partition coefficient (Wildman–Crippen LogP) is 5.73. The van der Waals surface area contributed by atoms with Crippen LogP contribution in [0.25, 0.3) is 6.08 Å². The minimum absolute atomic E-state index is 0.160. The summed E-state index contributed by atoms with van der Waals surface area (Å²) in [5.74, 6) is 0.148. The number of benzene rings is 3. The van der Waals surface area contributed by atoms with Gasteiger partial charge in [0.05, 0.1) is 15.6 Å². The van der Waals surface area contributed by atoms with Crippen LogP contribution in [0.3, 0.4) is 0 Å². The maximum absolute atomic E-state index is 12.6. The van der Waals surface area contributed by atoms with Crippen molar-refractivity contribution < 1.29 is 23.8 Å². The Kier molecular flexibility index (Phi) is 6.26. The summed E-state index contributed by atoms with van der Waals surface area (Å²) in [5, 5.41) is 0.809. The number of fused-ring (bicyclic) bond motifs is 1. The zero-order valence-corrected chi connectivity index (χ0v) is 17.7. The van der Waals surface area contributed by atoms with Crippen LogP contribution < -0.4 is 9.47 Å². The monoisotopic (exact) mass is 454 g/mol. The van der Waals surface area contributed by atoms with Crippen LogP contribution >= 0.6 is 23.2 Å². The van der Waals surface area contributed by atoms with Crippen LogP contribution in [-0.4, -0.2) is 18.4 Å². The van der Waals surface area contributed by atoms with E-state index in [1.54, 1.807) is 42.5 Å². The van der Waals surface area contributed by atoms with Crippen molar-refractivity contribution in [2.45, 2.75) is 6.61 Å². The van der Waals surface area contributed by atoms with E-state index in [0.717, 1.165) is 5.56 Å². The molecule has 0 aromatic heterocycles. The van der Waals surface area contributed by atoms with Crippen LogP contribution in [0, 0.1) is 0 Å². The molecule has 0 amide bonds. The lowest BCUT2D eigenvalue weighted by molar-refractivity contribution is -0.147. The van der Waals surface area contributed by atoms with Gasteiger partial charge in [-0.05, 0) is 41.5 Å². The summed E-state index contributed by atoms with van der Waals surface area (Å²) in [6, 6.07) is 19.1. The van der Waals surface area contributed by atoms with Crippen molar-refractivity contribution in [3.05, 3.63) is 99.2 Å². The van der Waals surface area contributed by atoms with Crippen molar-refractivity contribution in [3.63, 3.8) is 0 Å². The Balaban J connectivity index is 1.38. The fraction of sp³-hybridized carbons (Fsp3) is 0.0833. The molecule has 3 aromatic rings. The predicted molar refractivity (Wildman–Crippen MR) is 118 cm³/mol. The Morgan fingerprint density at radius 3 is 2.55 bits per heavy atom. The van der Waals surface area contributed by atoms with Crippen LogP contribution in [0.15, 0.2) is 72.5 Å². The molecular formula is C24H16Cl2O5. The number of carbonyl (C=O) groups excluding carboxylic acids is 2. The van der Waals surface area contributed by atoms with Crippen molar-refractivity contribution >= 4 is 41.0 Å². The summed E-state index contributed by atoms with van der Waals surface area (Å²) in [6.45, 7) is -0.0841. The third kappa shape index (κ3) is 5.08. The number of rotatable bonds is 6. The molecule has 0 atom stereocenters. The summed E-state index contributed by atoms with van der Waals surface area (Å²) in [4.78, 5) is 24.5. The van der Waals surface area contributed by atoms with E-state index in [2.05, 4.69) is 0 Å². The molecule has 1 aliphatic rings. The zero-order chi connectivity index (χ0) is 21.8. The zero-order valence-electron chi connectivity index (χ0n) is 16.1. The third-order valence-electron chi connectivity index (χ3n) is 4.48. The Morgan fingerprint density at radius 2 is 1.77 bits per heavy atom. The molecule has 0 saturated carbocycles. The first kappa shape index (κ1) is 21.0. The van der Waals surface area contributed by atoms with Gasteiger partial charge in [0.1, 0.15) is 18.1 Å². The second-order valence-corrected chi connectivity index (χ2v) is 7.52. The van der Waals surface area contributed by atoms with Gasteiger partial charge in [0.25, 0.3) is 0 Å². The van der Waals surface area contributed by atoms with Gasteiger partial charge in [-0.1, -0.05) is 59.6 Å². The fourth-order valence-corrected chi connectivity index (χ4v) is 3.24. The highest BCUT2D eigenvalue weighted by molar-refractivity contribution is 6.42. The lowest BCUT2D eigenvalue weighted by Gasteiger charge is -2.08. The second-order valence-electron chi connectivity index (χ2n) is 6.71. The summed E-state index contributed by atoms with van der Waals surface area (Å²) in [5.41, 5.74) is 1.98. The van der Waals surface area contributed by atoms with Crippen molar-refractivity contribution in [1.82, 2.24) is 0 Å². The molecule has 0 spiro atoms. The molecule has 4 rings (SSSR count). The van der Waals surface area contributed by atoms with Crippen molar-refractivity contribution in [1.29, 1.82) is 0 Å². The highest BCUT2D eigenvalue weighted by Crippen LogP contribution is 2.35. The highest BCUT2D eigenvalue weighted by Gasteiger charge is 2.28. The molecule has 7 heteroatoms. The first-order chi connectivity index (χ1) is 15.0. The van der Waals surface area contributed by atoms with E-state index in [4.69, 9.17) is 37.4 Å². The first-order valence-corrected chi connectivity index (χ1v) is 10.1. The summed E-state index contributed by atoms with van der Waals surface area (Å²) >= 11 is 11.9. The SMILES string of the molecule is O=C(COc1ccc2c(c1)O/C(=C\c1ccc(Cl)c(Cl)c1)C2=O)OCc1ccccc1. The van der Waals surface area contributed by atoms with Gasteiger partial charge in [-0.25, -0.2) is 4.79 Å². The van der Waals surface area contributed by atoms with E-state index in [9.17, 15) is 9.59 Å². The third-order valence-corrected chi connectivity index (χ3v) is 5.22. The van der Waals surface area contributed by atoms with Crippen LogP contribution in [-0.2, 0) is 16.1 Å². The van der Waals surface area contributed by atoms with Crippen LogP contribution in [0.4, 0.5) is 0 Å². The maximum atomic E-state index is 12.6. The largest absolute Gasteiger partial charge is 0.482 e. The van der Waals surface area contributed by atoms with Gasteiger partial charge in [-0.2, -0.15) is 0 Å². The van der Waals surface area contributed by atoms with E-state index in [1.165, 1.54) is 0 Å². The number of ketones is 1. The molecule has 0 fully saturated rings. The van der Waals surface area contributed by atoms with Crippen LogP contribution in [0.5, 0.6) is 11.5 Å². The standard InChI is InChI=1S/C24H16Cl2O5/c25-19-9-6-16(10-20(19)26)11-22-24(28)18-8-7-17(12-21(18)31-22)29-14-23(27)30-13-15-4-2-1-3-5-15/h1-12H,13-14H2/b22-11-. The lowest BCUT2D eigenvalue weighted by atomic mass is 10.1. The molecule has 0 unspecified atom stereocenters. The number of Topliss-reactive ketones (excluding diaryl/α,β-unsaturated/α-hetero) is 1. The summed E-state index contributed by atoms with van der Waals surface area (Å²) < 4.78 is 16.3. The van der Waals surface area contributed by atoms with Crippen LogP contribution in [0.1, 0.15) is 21.5 Å². The Morgan fingerprint density at radius 1 is 0.968 bits per heavy atom. The number of allylic oxidation sites excluding steroid dienone is 1. The van der Waals surface area contributed by atoms with Crippen molar-refractivity contribution in [3.8, 4) is 11.5 Å². The summed E-state index contributed by atoms with van der Waals surface area (Å²) in [6.07, 6.45) is 1.59. The van der Waals surface area contributed by atoms with Crippen LogP contribution in [0.2, 0.25) is 10.0 Å². The second kappa shape index (κ2) is 9.25. The summed E-state index contributed by atoms with van der Waals surface area (Å²) in [7, 11) is 0. The van der Waals surface area contributed by atoms with Gasteiger partial charge < -0.3 is 14.2 Å². The topological polar surface area (TPSA) is 61.8 Å². The molecule has 0 saturated heterocycles. The maximum Gasteiger partial charge on any atom is 0.344 e. The highest BCUT2D eigenvalue weighted by atomic mass is 35.5. The molecule has 5 nitrogen and oxygen atoms in total. The molecule has 3 aromatic carbocycles. The molecular weight excluding hydrogens is 439 g/mol. The first-order valence-electron chi connectivity index (χ1n) is 9.35. The fourth-order valence-electron chi connectivity index (χ4n) is 2.93. The molecule has 1 heterocycles. The number of ether oxygens (including phenoxy) is 3. The van der Waals surface area contributed by atoms with E-state index in [0.29, 0.717) is 32.7 Å². The Hall–Kier alpha value is -3.28. The number of esters is 1. The number of hydrogen-bond acceptors (Lipinski definition) is 5. The van der Waals surface area contributed by atoms with E-state index in [1.807, 2.05) is 30.3 Å². The number of carbonyl (C=O) groups is 2. The van der Waals surface area contributed by atoms with Crippen molar-refractivity contribution in [2.24, 2.45) is 0 Å².